The molecule has 6 nitrogen and oxygen atoms in total. The predicted molar refractivity (Wildman–Crippen MR) is 80.6 cm³/mol. The van der Waals surface area contributed by atoms with Crippen molar-refractivity contribution >= 4 is 21.6 Å². The number of nitrogens with zero attached hydrogens (tertiary/aromatic N) is 2. The SMILES string of the molecule is CCN(CC)CCOc1c(Br)cc([N+](=O)[O-])cc1OC. The summed E-state index contributed by atoms with van der Waals surface area (Å²) in [5.74, 6) is 0.843. The summed E-state index contributed by atoms with van der Waals surface area (Å²) in [5, 5.41) is 10.8. The van der Waals surface area contributed by atoms with Crippen LogP contribution in [0.15, 0.2) is 16.6 Å². The summed E-state index contributed by atoms with van der Waals surface area (Å²) in [5.41, 5.74) is -0.0372. The van der Waals surface area contributed by atoms with Crippen molar-refractivity contribution in [2.24, 2.45) is 0 Å². The third-order valence-corrected chi connectivity index (χ3v) is 3.56. The van der Waals surface area contributed by atoms with E-state index in [-0.39, 0.29) is 5.69 Å². The second-order valence-corrected chi connectivity index (χ2v) is 4.95. The molecule has 112 valence electrons. The van der Waals surface area contributed by atoms with Gasteiger partial charge < -0.3 is 14.4 Å². The van der Waals surface area contributed by atoms with Crippen LogP contribution in [0.2, 0.25) is 0 Å². The molecule has 0 aliphatic heterocycles. The number of hydrogen-bond acceptors (Lipinski definition) is 5. The molecule has 0 unspecified atom stereocenters. The molecule has 0 bridgehead atoms. The van der Waals surface area contributed by atoms with Crippen LogP contribution in [0.5, 0.6) is 11.5 Å². The van der Waals surface area contributed by atoms with E-state index in [4.69, 9.17) is 9.47 Å². The maximum absolute atomic E-state index is 10.8. The van der Waals surface area contributed by atoms with Crippen LogP contribution in [-0.2, 0) is 0 Å². The van der Waals surface area contributed by atoms with Crippen molar-refractivity contribution in [1.29, 1.82) is 0 Å². The van der Waals surface area contributed by atoms with E-state index < -0.39 is 4.92 Å². The molecule has 0 radical (unpaired) electrons. The van der Waals surface area contributed by atoms with Gasteiger partial charge in [0.25, 0.3) is 5.69 Å². The highest BCUT2D eigenvalue weighted by Crippen LogP contribution is 2.38. The van der Waals surface area contributed by atoms with E-state index in [2.05, 4.69) is 34.7 Å². The molecule has 7 heteroatoms. The maximum Gasteiger partial charge on any atom is 0.274 e. The van der Waals surface area contributed by atoms with Gasteiger partial charge in [0.05, 0.1) is 22.6 Å². The van der Waals surface area contributed by atoms with Gasteiger partial charge >= 0.3 is 0 Å². The van der Waals surface area contributed by atoms with Crippen molar-refractivity contribution in [1.82, 2.24) is 4.90 Å². The summed E-state index contributed by atoms with van der Waals surface area (Å²) < 4.78 is 11.4. The van der Waals surface area contributed by atoms with Crippen LogP contribution in [-0.4, -0.2) is 43.2 Å². The van der Waals surface area contributed by atoms with Crippen LogP contribution in [0, 0.1) is 10.1 Å². The molecule has 1 rings (SSSR count). The van der Waals surface area contributed by atoms with Gasteiger partial charge in [-0.2, -0.15) is 0 Å². The summed E-state index contributed by atoms with van der Waals surface area (Å²) in [4.78, 5) is 12.6. The monoisotopic (exact) mass is 346 g/mol. The van der Waals surface area contributed by atoms with Gasteiger partial charge in [0.15, 0.2) is 11.5 Å². The standard InChI is InChI=1S/C13H19BrN2O4/c1-4-15(5-2)6-7-20-13-11(14)8-10(16(17)18)9-12(13)19-3/h8-9H,4-7H2,1-3H3. The third-order valence-electron chi connectivity index (χ3n) is 2.97. The summed E-state index contributed by atoms with van der Waals surface area (Å²) in [7, 11) is 1.46. The highest BCUT2D eigenvalue weighted by molar-refractivity contribution is 9.10. The van der Waals surface area contributed by atoms with E-state index in [1.807, 2.05) is 0 Å². The number of ether oxygens (including phenoxy) is 2. The normalized spacial score (nSPS) is 10.7. The number of halogens is 1. The molecule has 0 spiro atoms. The molecule has 0 aliphatic carbocycles. The summed E-state index contributed by atoms with van der Waals surface area (Å²) >= 11 is 3.29. The zero-order valence-corrected chi connectivity index (χ0v) is 13.5. The van der Waals surface area contributed by atoms with Gasteiger partial charge in [-0.05, 0) is 29.0 Å². The molecule has 1 aromatic rings. The van der Waals surface area contributed by atoms with Crippen molar-refractivity contribution in [3.63, 3.8) is 0 Å². The number of benzene rings is 1. The molecule has 0 saturated carbocycles. The maximum atomic E-state index is 10.8. The highest BCUT2D eigenvalue weighted by Gasteiger charge is 2.17. The number of likely N-dealkylation sites (N-methyl/N-ethyl adjacent to an activating group) is 1. The van der Waals surface area contributed by atoms with Crippen molar-refractivity contribution in [3.05, 3.63) is 26.7 Å². The van der Waals surface area contributed by atoms with Crippen LogP contribution >= 0.6 is 15.9 Å². The molecule has 0 aliphatic rings. The van der Waals surface area contributed by atoms with Gasteiger partial charge in [0.1, 0.15) is 6.61 Å². The average Bonchev–Trinajstić information content (AvgIpc) is 2.44. The van der Waals surface area contributed by atoms with Gasteiger partial charge in [0.2, 0.25) is 0 Å². The number of non-ortho nitro benzene ring substituents is 1. The van der Waals surface area contributed by atoms with Crippen LogP contribution in [0.3, 0.4) is 0 Å². The Bertz CT molecular complexity index is 464. The topological polar surface area (TPSA) is 64.8 Å². The number of nitro benzene ring substituents is 1. The van der Waals surface area contributed by atoms with Gasteiger partial charge in [-0.15, -0.1) is 0 Å². The summed E-state index contributed by atoms with van der Waals surface area (Å²) in [6.45, 7) is 7.38. The van der Waals surface area contributed by atoms with E-state index in [1.165, 1.54) is 19.2 Å². The first-order valence-electron chi connectivity index (χ1n) is 6.40. The van der Waals surface area contributed by atoms with Crippen molar-refractivity contribution in [2.45, 2.75) is 13.8 Å². The third kappa shape index (κ3) is 4.35. The molecule has 0 amide bonds. The average molecular weight is 347 g/mol. The first kappa shape index (κ1) is 16.7. The van der Waals surface area contributed by atoms with E-state index in [0.717, 1.165) is 19.6 Å². The predicted octanol–water partition coefficient (Wildman–Crippen LogP) is 3.09. The Kier molecular flexibility index (Phi) is 6.74. The van der Waals surface area contributed by atoms with E-state index >= 15 is 0 Å². The zero-order valence-electron chi connectivity index (χ0n) is 11.9. The Morgan fingerprint density at radius 3 is 2.50 bits per heavy atom. The van der Waals surface area contributed by atoms with E-state index in [0.29, 0.717) is 22.6 Å². The smallest absolute Gasteiger partial charge is 0.274 e. The summed E-state index contributed by atoms with van der Waals surface area (Å²) in [6, 6.07) is 2.77. The van der Waals surface area contributed by atoms with E-state index in [9.17, 15) is 10.1 Å². The minimum atomic E-state index is -0.465. The van der Waals surface area contributed by atoms with Gasteiger partial charge in [-0.3, -0.25) is 10.1 Å². The largest absolute Gasteiger partial charge is 0.493 e. The number of hydrogen-bond donors (Lipinski definition) is 0. The lowest BCUT2D eigenvalue weighted by Gasteiger charge is -2.19. The van der Waals surface area contributed by atoms with Crippen molar-refractivity contribution in [2.75, 3.05) is 33.4 Å². The summed E-state index contributed by atoms with van der Waals surface area (Å²) in [6.07, 6.45) is 0. The molecule has 0 saturated heterocycles. The Morgan fingerprint density at radius 1 is 1.35 bits per heavy atom. The van der Waals surface area contributed by atoms with Gasteiger partial charge in [0, 0.05) is 12.6 Å². The first-order chi connectivity index (χ1) is 9.53. The lowest BCUT2D eigenvalue weighted by atomic mass is 10.3. The van der Waals surface area contributed by atoms with Gasteiger partial charge in [-0.25, -0.2) is 0 Å². The van der Waals surface area contributed by atoms with Crippen LogP contribution in [0.25, 0.3) is 0 Å². The molecule has 0 fully saturated rings. The molecule has 20 heavy (non-hydrogen) atoms. The molecule has 0 atom stereocenters. The number of rotatable bonds is 8. The molecular weight excluding hydrogens is 328 g/mol. The number of methoxy groups -OCH3 is 1. The van der Waals surface area contributed by atoms with Crippen LogP contribution < -0.4 is 9.47 Å². The fourth-order valence-electron chi connectivity index (χ4n) is 1.77. The quantitative estimate of drug-likeness (QED) is 0.534. The minimum absolute atomic E-state index is 0.0372. The zero-order chi connectivity index (χ0) is 15.1. The Morgan fingerprint density at radius 2 is 2.00 bits per heavy atom. The van der Waals surface area contributed by atoms with Crippen LogP contribution in [0.1, 0.15) is 13.8 Å². The molecule has 1 aromatic carbocycles. The molecular formula is C13H19BrN2O4. The van der Waals surface area contributed by atoms with Gasteiger partial charge in [-0.1, -0.05) is 13.8 Å². The van der Waals surface area contributed by atoms with E-state index in [1.54, 1.807) is 0 Å². The Labute approximate surface area is 126 Å². The first-order valence-corrected chi connectivity index (χ1v) is 7.19. The Hall–Kier alpha value is -1.34. The second-order valence-electron chi connectivity index (χ2n) is 4.09. The van der Waals surface area contributed by atoms with Crippen LogP contribution in [0.4, 0.5) is 5.69 Å². The number of nitro groups is 1. The fourth-order valence-corrected chi connectivity index (χ4v) is 2.31. The molecule has 0 N–H and O–H groups in total. The minimum Gasteiger partial charge on any atom is -0.493 e. The fraction of sp³-hybridized carbons (Fsp3) is 0.538. The highest BCUT2D eigenvalue weighted by atomic mass is 79.9. The molecule has 0 aromatic heterocycles. The second kappa shape index (κ2) is 8.06. The lowest BCUT2D eigenvalue weighted by molar-refractivity contribution is -0.385. The lowest BCUT2D eigenvalue weighted by Crippen LogP contribution is -2.28. The molecule has 0 heterocycles. The van der Waals surface area contributed by atoms with Crippen molar-refractivity contribution < 1.29 is 14.4 Å². The Balaban J connectivity index is 2.81. The van der Waals surface area contributed by atoms with Crippen molar-refractivity contribution in [3.8, 4) is 11.5 Å².